The lowest BCUT2D eigenvalue weighted by molar-refractivity contribution is -0.139. The number of hydrogen-bond donors (Lipinski definition) is 2. The van der Waals surface area contributed by atoms with Crippen LogP contribution < -0.4 is 10.1 Å². The molecule has 0 heterocycles. The zero-order chi connectivity index (χ0) is 17.0. The number of aryl methyl sites for hydroxylation is 1. The smallest absolute Gasteiger partial charge is 0.317 e. The fraction of sp³-hybridized carbons (Fsp3) is 0.529. The normalized spacial score (nSPS) is 20.0. The molecule has 2 N–H and O–H groups in total. The molecule has 1 amide bonds. The van der Waals surface area contributed by atoms with Crippen molar-refractivity contribution in [2.24, 2.45) is 0 Å². The van der Waals surface area contributed by atoms with Crippen molar-refractivity contribution in [2.45, 2.75) is 38.8 Å². The Labute approximate surface area is 136 Å². The van der Waals surface area contributed by atoms with E-state index in [-0.39, 0.29) is 24.5 Å². The van der Waals surface area contributed by atoms with Gasteiger partial charge in [-0.05, 0) is 44.0 Å². The van der Waals surface area contributed by atoms with E-state index >= 15 is 0 Å². The minimum absolute atomic E-state index is 0.0526. The van der Waals surface area contributed by atoms with E-state index in [0.717, 1.165) is 18.4 Å². The lowest BCUT2D eigenvalue weighted by Gasteiger charge is -2.42. The fourth-order valence-corrected chi connectivity index (χ4v) is 2.91. The minimum atomic E-state index is -0.814. The standard InChI is InChI=1S/C17H24N2O4/c1-4-19(10-16(20)21)14-8-13(9-14)18-17(22)12-6-5-11(2)15(7-12)23-3/h5-7,13-14H,4,8-10H2,1-3H3,(H,18,22)(H,20,21). The molecular formula is C17H24N2O4. The molecule has 23 heavy (non-hydrogen) atoms. The Morgan fingerprint density at radius 3 is 2.65 bits per heavy atom. The number of nitrogens with zero attached hydrogens (tertiary/aromatic N) is 1. The van der Waals surface area contributed by atoms with Gasteiger partial charge in [0.2, 0.25) is 0 Å². The van der Waals surface area contributed by atoms with Crippen LogP contribution in [0.3, 0.4) is 0 Å². The summed E-state index contributed by atoms with van der Waals surface area (Å²) < 4.78 is 5.24. The third-order valence-corrected chi connectivity index (χ3v) is 4.38. The van der Waals surface area contributed by atoms with Crippen LogP contribution in [0.5, 0.6) is 5.75 Å². The van der Waals surface area contributed by atoms with Crippen LogP contribution in [-0.4, -0.2) is 54.2 Å². The molecule has 0 atom stereocenters. The number of likely N-dealkylation sites (N-methyl/N-ethyl adjacent to an activating group) is 1. The van der Waals surface area contributed by atoms with Gasteiger partial charge in [-0.25, -0.2) is 0 Å². The number of methoxy groups -OCH3 is 1. The summed E-state index contributed by atoms with van der Waals surface area (Å²) in [7, 11) is 1.59. The molecule has 126 valence electrons. The number of hydrogen-bond acceptors (Lipinski definition) is 4. The number of amides is 1. The number of carboxylic acid groups (broad SMARTS) is 1. The van der Waals surface area contributed by atoms with E-state index in [4.69, 9.17) is 9.84 Å². The quantitative estimate of drug-likeness (QED) is 0.799. The fourth-order valence-electron chi connectivity index (χ4n) is 2.91. The van der Waals surface area contributed by atoms with Gasteiger partial charge in [-0.2, -0.15) is 0 Å². The van der Waals surface area contributed by atoms with Gasteiger partial charge in [0.15, 0.2) is 0 Å². The average Bonchev–Trinajstić information content (AvgIpc) is 2.48. The van der Waals surface area contributed by atoms with E-state index in [1.807, 2.05) is 24.8 Å². The van der Waals surface area contributed by atoms with E-state index in [1.165, 1.54) is 0 Å². The Morgan fingerprint density at radius 1 is 1.39 bits per heavy atom. The predicted molar refractivity (Wildman–Crippen MR) is 86.9 cm³/mol. The summed E-state index contributed by atoms with van der Waals surface area (Å²) in [6.45, 7) is 4.63. The van der Waals surface area contributed by atoms with Crippen molar-refractivity contribution in [3.63, 3.8) is 0 Å². The monoisotopic (exact) mass is 320 g/mol. The first-order valence-electron chi connectivity index (χ1n) is 7.86. The number of carbonyl (C=O) groups excluding carboxylic acids is 1. The maximum atomic E-state index is 12.3. The van der Waals surface area contributed by atoms with Crippen molar-refractivity contribution < 1.29 is 19.4 Å². The van der Waals surface area contributed by atoms with Gasteiger partial charge in [0.1, 0.15) is 5.75 Å². The van der Waals surface area contributed by atoms with Gasteiger partial charge in [0.05, 0.1) is 13.7 Å². The zero-order valence-electron chi connectivity index (χ0n) is 13.8. The van der Waals surface area contributed by atoms with Crippen molar-refractivity contribution in [1.82, 2.24) is 10.2 Å². The van der Waals surface area contributed by atoms with Gasteiger partial charge >= 0.3 is 5.97 Å². The van der Waals surface area contributed by atoms with Gasteiger partial charge in [-0.15, -0.1) is 0 Å². The summed E-state index contributed by atoms with van der Waals surface area (Å²) in [5, 5.41) is 11.9. The zero-order valence-corrected chi connectivity index (χ0v) is 13.8. The summed E-state index contributed by atoms with van der Waals surface area (Å²) in [5.41, 5.74) is 1.56. The maximum absolute atomic E-state index is 12.3. The first-order chi connectivity index (χ1) is 10.9. The highest BCUT2D eigenvalue weighted by Crippen LogP contribution is 2.26. The minimum Gasteiger partial charge on any atom is -0.496 e. The predicted octanol–water partition coefficient (Wildman–Crippen LogP) is 1.67. The second kappa shape index (κ2) is 7.46. The number of carbonyl (C=O) groups is 2. The lowest BCUT2D eigenvalue weighted by Crippen LogP contribution is -2.54. The Hall–Kier alpha value is -2.08. The van der Waals surface area contributed by atoms with E-state index in [0.29, 0.717) is 17.9 Å². The molecule has 0 aromatic heterocycles. The number of nitrogens with one attached hydrogen (secondary N) is 1. The molecule has 0 bridgehead atoms. The first-order valence-corrected chi connectivity index (χ1v) is 7.86. The van der Waals surface area contributed by atoms with Gasteiger partial charge in [0.25, 0.3) is 5.91 Å². The third kappa shape index (κ3) is 4.22. The first kappa shape index (κ1) is 17.3. The Morgan fingerprint density at radius 2 is 2.09 bits per heavy atom. The van der Waals surface area contributed by atoms with Crippen LogP contribution in [0, 0.1) is 6.92 Å². The van der Waals surface area contributed by atoms with Gasteiger partial charge in [-0.1, -0.05) is 13.0 Å². The van der Waals surface area contributed by atoms with Crippen LogP contribution in [0.2, 0.25) is 0 Å². The summed E-state index contributed by atoms with van der Waals surface area (Å²) in [4.78, 5) is 25.0. The molecule has 0 spiro atoms. The number of benzene rings is 1. The molecule has 1 aromatic carbocycles. The van der Waals surface area contributed by atoms with Crippen LogP contribution in [-0.2, 0) is 4.79 Å². The SMILES string of the molecule is CCN(CC(=O)O)C1CC(NC(=O)c2ccc(C)c(OC)c2)C1. The highest BCUT2D eigenvalue weighted by atomic mass is 16.5. The second-order valence-corrected chi connectivity index (χ2v) is 5.94. The van der Waals surface area contributed by atoms with Crippen LogP contribution in [0.15, 0.2) is 18.2 Å². The second-order valence-electron chi connectivity index (χ2n) is 5.94. The largest absolute Gasteiger partial charge is 0.496 e. The number of aliphatic carboxylic acids is 1. The molecule has 1 fully saturated rings. The number of ether oxygens (including phenoxy) is 1. The van der Waals surface area contributed by atoms with Crippen molar-refractivity contribution in [3.8, 4) is 5.75 Å². The summed E-state index contributed by atoms with van der Waals surface area (Å²) in [6, 6.07) is 5.72. The molecule has 1 aliphatic rings. The molecule has 1 aliphatic carbocycles. The highest BCUT2D eigenvalue weighted by Gasteiger charge is 2.34. The van der Waals surface area contributed by atoms with E-state index in [2.05, 4.69) is 5.32 Å². The highest BCUT2D eigenvalue weighted by molar-refractivity contribution is 5.95. The van der Waals surface area contributed by atoms with Crippen LogP contribution in [0.25, 0.3) is 0 Å². The molecule has 0 aliphatic heterocycles. The molecule has 0 radical (unpaired) electrons. The molecule has 1 aromatic rings. The summed E-state index contributed by atoms with van der Waals surface area (Å²) >= 11 is 0. The van der Waals surface area contributed by atoms with E-state index in [1.54, 1.807) is 19.2 Å². The van der Waals surface area contributed by atoms with Crippen molar-refractivity contribution >= 4 is 11.9 Å². The molecule has 0 saturated heterocycles. The van der Waals surface area contributed by atoms with E-state index < -0.39 is 5.97 Å². The summed E-state index contributed by atoms with van der Waals surface area (Å²) in [5.74, 6) is -0.234. The average molecular weight is 320 g/mol. The Bertz CT molecular complexity index is 582. The Balaban J connectivity index is 1.87. The van der Waals surface area contributed by atoms with Gasteiger partial charge in [0, 0.05) is 17.6 Å². The number of carboxylic acids is 1. The molecule has 6 heteroatoms. The van der Waals surface area contributed by atoms with Crippen LogP contribution in [0.1, 0.15) is 35.7 Å². The molecule has 1 saturated carbocycles. The maximum Gasteiger partial charge on any atom is 0.317 e. The van der Waals surface area contributed by atoms with Crippen molar-refractivity contribution in [2.75, 3.05) is 20.2 Å². The van der Waals surface area contributed by atoms with Crippen LogP contribution in [0.4, 0.5) is 0 Å². The lowest BCUT2D eigenvalue weighted by atomic mass is 9.85. The Kier molecular flexibility index (Phi) is 5.60. The topological polar surface area (TPSA) is 78.9 Å². The third-order valence-electron chi connectivity index (χ3n) is 4.38. The van der Waals surface area contributed by atoms with Gasteiger partial charge < -0.3 is 15.2 Å². The van der Waals surface area contributed by atoms with Crippen molar-refractivity contribution in [1.29, 1.82) is 0 Å². The van der Waals surface area contributed by atoms with Crippen molar-refractivity contribution in [3.05, 3.63) is 29.3 Å². The number of rotatable bonds is 7. The molecule has 6 nitrogen and oxygen atoms in total. The van der Waals surface area contributed by atoms with Gasteiger partial charge in [-0.3, -0.25) is 14.5 Å². The molecule has 2 rings (SSSR count). The molecule has 0 unspecified atom stereocenters. The summed E-state index contributed by atoms with van der Waals surface area (Å²) in [6.07, 6.45) is 1.58. The molecular weight excluding hydrogens is 296 g/mol. The van der Waals surface area contributed by atoms with E-state index in [9.17, 15) is 9.59 Å². The van der Waals surface area contributed by atoms with Crippen LogP contribution >= 0.6 is 0 Å².